The number of halogens is 1. The largest absolute Gasteiger partial charge is 0.464 e. The Bertz CT molecular complexity index is 1110. The Labute approximate surface area is 143 Å². The Morgan fingerprint density at radius 3 is 2.88 bits per heavy atom. The number of hydrogen-bond acceptors (Lipinski definition) is 3. The highest BCUT2D eigenvalue weighted by molar-refractivity contribution is 6.31. The number of rotatable bonds is 3. The van der Waals surface area contributed by atoms with Crippen LogP contribution in [0.25, 0.3) is 21.9 Å². The molecule has 2 heterocycles. The van der Waals surface area contributed by atoms with Gasteiger partial charge in [0.1, 0.15) is 5.58 Å². The van der Waals surface area contributed by atoms with Gasteiger partial charge in [-0.3, -0.25) is 4.79 Å². The summed E-state index contributed by atoms with van der Waals surface area (Å²) in [7, 11) is 0. The zero-order valence-corrected chi connectivity index (χ0v) is 13.8. The molecule has 0 bridgehead atoms. The molecule has 4 aromatic rings. The predicted molar refractivity (Wildman–Crippen MR) is 97.9 cm³/mol. The van der Waals surface area contributed by atoms with Gasteiger partial charge in [0.25, 0.3) is 5.56 Å². The molecule has 0 radical (unpaired) electrons. The summed E-state index contributed by atoms with van der Waals surface area (Å²) in [5.41, 5.74) is 4.20. The van der Waals surface area contributed by atoms with Crippen LogP contribution in [0.5, 0.6) is 0 Å². The molecule has 0 fully saturated rings. The average Bonchev–Trinajstić information content (AvgIpc) is 3.00. The Morgan fingerprint density at radius 2 is 2.00 bits per heavy atom. The standard InChI is InChI=1S/C19H15ClN2O2/c1-11-6-12-4-5-24-18(12)9-17(11)21-10-14-7-13-8-15(20)2-3-16(13)22-19(14)23/h2-9,21H,10H2,1H3,(H,22,23). The molecular formula is C19H15ClN2O2. The van der Waals surface area contributed by atoms with Gasteiger partial charge in [0.15, 0.2) is 0 Å². The Kier molecular flexibility index (Phi) is 3.54. The van der Waals surface area contributed by atoms with E-state index in [4.69, 9.17) is 16.0 Å². The van der Waals surface area contributed by atoms with Crippen LogP contribution in [0.3, 0.4) is 0 Å². The number of aryl methyl sites for hydroxylation is 1. The molecule has 0 amide bonds. The SMILES string of the molecule is Cc1cc2ccoc2cc1NCc1cc2cc(Cl)ccc2[nH]c1=O. The maximum absolute atomic E-state index is 12.2. The number of aromatic amines is 1. The van der Waals surface area contributed by atoms with E-state index >= 15 is 0 Å². The molecule has 2 aromatic heterocycles. The van der Waals surface area contributed by atoms with Crippen LogP contribution in [0.1, 0.15) is 11.1 Å². The topological polar surface area (TPSA) is 58.0 Å². The van der Waals surface area contributed by atoms with Gasteiger partial charge in [0, 0.05) is 45.2 Å². The predicted octanol–water partition coefficient (Wildman–Crippen LogP) is 4.85. The fraction of sp³-hybridized carbons (Fsp3) is 0.105. The Balaban J connectivity index is 1.67. The van der Waals surface area contributed by atoms with Crippen LogP contribution in [0.15, 0.2) is 57.9 Å². The molecule has 0 aliphatic heterocycles. The molecule has 0 spiro atoms. The number of benzene rings is 2. The van der Waals surface area contributed by atoms with Gasteiger partial charge in [-0.2, -0.15) is 0 Å². The zero-order valence-electron chi connectivity index (χ0n) is 13.0. The molecule has 0 saturated carbocycles. The molecule has 0 saturated heterocycles. The second-order valence-electron chi connectivity index (χ2n) is 5.83. The van der Waals surface area contributed by atoms with Crippen molar-refractivity contribution in [2.45, 2.75) is 13.5 Å². The monoisotopic (exact) mass is 338 g/mol. The molecule has 0 aliphatic rings. The van der Waals surface area contributed by atoms with Crippen LogP contribution in [-0.4, -0.2) is 4.98 Å². The summed E-state index contributed by atoms with van der Waals surface area (Å²) in [4.78, 5) is 15.1. The summed E-state index contributed by atoms with van der Waals surface area (Å²) in [5.74, 6) is 0. The van der Waals surface area contributed by atoms with E-state index < -0.39 is 0 Å². The average molecular weight is 339 g/mol. The number of H-pyrrole nitrogens is 1. The minimum atomic E-state index is -0.103. The van der Waals surface area contributed by atoms with Gasteiger partial charge in [-0.25, -0.2) is 0 Å². The minimum Gasteiger partial charge on any atom is -0.464 e. The Hall–Kier alpha value is -2.72. The summed E-state index contributed by atoms with van der Waals surface area (Å²) >= 11 is 6.03. The van der Waals surface area contributed by atoms with E-state index in [1.807, 2.05) is 37.3 Å². The van der Waals surface area contributed by atoms with Gasteiger partial charge in [0.05, 0.1) is 6.26 Å². The van der Waals surface area contributed by atoms with Crippen molar-refractivity contribution in [2.75, 3.05) is 5.32 Å². The lowest BCUT2D eigenvalue weighted by Crippen LogP contribution is -2.15. The number of pyridine rings is 1. The van der Waals surface area contributed by atoms with Crippen molar-refractivity contribution in [1.82, 2.24) is 4.98 Å². The first-order valence-corrected chi connectivity index (χ1v) is 8.01. The van der Waals surface area contributed by atoms with Crippen molar-refractivity contribution >= 4 is 39.2 Å². The summed E-state index contributed by atoms with van der Waals surface area (Å²) in [5, 5.41) is 5.94. The van der Waals surface area contributed by atoms with E-state index in [1.165, 1.54) is 0 Å². The third-order valence-electron chi connectivity index (χ3n) is 4.15. The second-order valence-corrected chi connectivity index (χ2v) is 6.27. The third kappa shape index (κ3) is 2.65. The molecule has 5 heteroatoms. The lowest BCUT2D eigenvalue weighted by molar-refractivity contribution is 0.616. The number of anilines is 1. The summed E-state index contributed by atoms with van der Waals surface area (Å²) in [6, 6.07) is 13.2. The van der Waals surface area contributed by atoms with Crippen molar-refractivity contribution in [2.24, 2.45) is 0 Å². The van der Waals surface area contributed by atoms with Crippen LogP contribution >= 0.6 is 11.6 Å². The first-order chi connectivity index (χ1) is 11.6. The van der Waals surface area contributed by atoms with E-state index in [1.54, 1.807) is 12.3 Å². The molecule has 2 N–H and O–H groups in total. The molecule has 0 aliphatic carbocycles. The van der Waals surface area contributed by atoms with Gasteiger partial charge in [-0.1, -0.05) is 11.6 Å². The van der Waals surface area contributed by atoms with Gasteiger partial charge < -0.3 is 14.7 Å². The zero-order chi connectivity index (χ0) is 16.7. The number of nitrogens with one attached hydrogen (secondary N) is 2. The van der Waals surface area contributed by atoms with Crippen molar-refractivity contribution in [3.8, 4) is 0 Å². The van der Waals surface area contributed by atoms with Crippen LogP contribution in [0.2, 0.25) is 5.02 Å². The summed E-state index contributed by atoms with van der Waals surface area (Å²) in [6.07, 6.45) is 1.67. The minimum absolute atomic E-state index is 0.103. The number of fused-ring (bicyclic) bond motifs is 2. The number of furan rings is 1. The molecule has 0 atom stereocenters. The number of hydrogen-bond donors (Lipinski definition) is 2. The lowest BCUT2D eigenvalue weighted by atomic mass is 10.1. The van der Waals surface area contributed by atoms with Crippen LogP contribution in [0, 0.1) is 6.92 Å². The van der Waals surface area contributed by atoms with Crippen LogP contribution < -0.4 is 10.9 Å². The fourth-order valence-electron chi connectivity index (χ4n) is 2.86. The van der Waals surface area contributed by atoms with E-state index in [0.717, 1.165) is 33.1 Å². The van der Waals surface area contributed by atoms with Gasteiger partial charge >= 0.3 is 0 Å². The molecule has 4 rings (SSSR count). The molecule has 120 valence electrons. The molecule has 2 aromatic carbocycles. The molecule has 24 heavy (non-hydrogen) atoms. The quantitative estimate of drug-likeness (QED) is 0.561. The van der Waals surface area contributed by atoms with E-state index in [2.05, 4.69) is 16.4 Å². The van der Waals surface area contributed by atoms with Crippen molar-refractivity contribution in [3.05, 3.63) is 75.2 Å². The van der Waals surface area contributed by atoms with Crippen LogP contribution in [-0.2, 0) is 6.54 Å². The molecule has 4 nitrogen and oxygen atoms in total. The lowest BCUT2D eigenvalue weighted by Gasteiger charge is -2.10. The van der Waals surface area contributed by atoms with Crippen LogP contribution in [0.4, 0.5) is 5.69 Å². The van der Waals surface area contributed by atoms with Gasteiger partial charge in [-0.15, -0.1) is 0 Å². The highest BCUT2D eigenvalue weighted by Crippen LogP contribution is 2.25. The maximum atomic E-state index is 12.2. The van der Waals surface area contributed by atoms with Crippen molar-refractivity contribution in [1.29, 1.82) is 0 Å². The third-order valence-corrected chi connectivity index (χ3v) is 4.39. The second kappa shape index (κ2) is 5.73. The van der Waals surface area contributed by atoms with E-state index in [9.17, 15) is 4.79 Å². The van der Waals surface area contributed by atoms with Gasteiger partial charge in [-0.05, 0) is 48.9 Å². The molecule has 0 unspecified atom stereocenters. The normalized spacial score (nSPS) is 11.2. The molecular weight excluding hydrogens is 324 g/mol. The Morgan fingerprint density at radius 1 is 1.12 bits per heavy atom. The fourth-order valence-corrected chi connectivity index (χ4v) is 3.04. The highest BCUT2D eigenvalue weighted by atomic mass is 35.5. The highest BCUT2D eigenvalue weighted by Gasteiger charge is 2.07. The van der Waals surface area contributed by atoms with E-state index in [-0.39, 0.29) is 5.56 Å². The van der Waals surface area contributed by atoms with Gasteiger partial charge in [0.2, 0.25) is 0 Å². The first-order valence-electron chi connectivity index (χ1n) is 7.63. The summed E-state index contributed by atoms with van der Waals surface area (Å²) < 4.78 is 5.44. The van der Waals surface area contributed by atoms with Crippen molar-refractivity contribution < 1.29 is 4.42 Å². The summed E-state index contributed by atoms with van der Waals surface area (Å²) in [6.45, 7) is 2.45. The van der Waals surface area contributed by atoms with E-state index in [0.29, 0.717) is 17.1 Å². The number of aromatic nitrogens is 1. The van der Waals surface area contributed by atoms with Crippen molar-refractivity contribution in [3.63, 3.8) is 0 Å². The smallest absolute Gasteiger partial charge is 0.253 e. The first kappa shape index (κ1) is 14.8. The maximum Gasteiger partial charge on any atom is 0.253 e.